The molecule has 0 amide bonds. The summed E-state index contributed by atoms with van der Waals surface area (Å²) in [6.07, 6.45) is 4.77. The van der Waals surface area contributed by atoms with Crippen LogP contribution in [0.5, 0.6) is 0 Å². The quantitative estimate of drug-likeness (QED) is 0.366. The number of nitrogens with zero attached hydrogens (tertiary/aromatic N) is 4. The molecule has 0 radical (unpaired) electrons. The third-order valence-electron chi connectivity index (χ3n) is 7.79. The topological polar surface area (TPSA) is 77.8 Å². The van der Waals surface area contributed by atoms with Gasteiger partial charge in [0.05, 0.1) is 11.1 Å². The van der Waals surface area contributed by atoms with Crippen molar-refractivity contribution in [2.45, 2.75) is 68.6 Å². The monoisotopic (exact) mass is 500 g/mol. The van der Waals surface area contributed by atoms with Crippen molar-refractivity contribution in [1.29, 1.82) is 0 Å². The van der Waals surface area contributed by atoms with Crippen molar-refractivity contribution in [3.05, 3.63) is 65.7 Å². The number of hydrogen-bond donors (Lipinski definition) is 0. The van der Waals surface area contributed by atoms with Gasteiger partial charge in [0.1, 0.15) is 6.17 Å². The van der Waals surface area contributed by atoms with Crippen LogP contribution in [0.4, 0.5) is 17.6 Å². The molecule has 0 saturated heterocycles. The molecule has 6 rings (SSSR count). The van der Waals surface area contributed by atoms with Crippen molar-refractivity contribution >= 4 is 5.57 Å². The van der Waals surface area contributed by atoms with Crippen LogP contribution < -0.4 is 0 Å². The van der Waals surface area contributed by atoms with E-state index in [-0.39, 0.29) is 28.7 Å². The molecule has 4 atom stereocenters. The highest BCUT2D eigenvalue weighted by atomic mass is 19.4. The second kappa shape index (κ2) is 8.67. The van der Waals surface area contributed by atoms with E-state index in [1.54, 1.807) is 12.2 Å². The Morgan fingerprint density at radius 1 is 1.06 bits per heavy atom. The highest BCUT2D eigenvalue weighted by molar-refractivity contribution is 5.70. The van der Waals surface area contributed by atoms with Crippen LogP contribution in [0.2, 0.25) is 0 Å². The zero-order chi connectivity index (χ0) is 24.9. The molecule has 36 heavy (non-hydrogen) atoms. The average Bonchev–Trinajstić information content (AvgIpc) is 3.55. The normalized spacial score (nSPS) is 28.2. The number of fused-ring (bicyclic) bond motifs is 2. The van der Waals surface area contributed by atoms with Crippen LogP contribution in [-0.2, 0) is 11.6 Å². The molecule has 2 aromatic heterocycles. The van der Waals surface area contributed by atoms with E-state index in [1.165, 1.54) is 24.3 Å². The van der Waals surface area contributed by atoms with Gasteiger partial charge in [-0.25, -0.2) is 4.39 Å². The SMILES string of the molecule is FC1C=CC(c2noc(C3CCC4(c5nnc(-c6ccccc6C(F)(F)F)o5)CCCC3C4)n2)=CC1. The van der Waals surface area contributed by atoms with E-state index in [2.05, 4.69) is 20.3 Å². The summed E-state index contributed by atoms with van der Waals surface area (Å²) in [6.45, 7) is 0. The Balaban J connectivity index is 1.23. The number of alkyl halides is 4. The van der Waals surface area contributed by atoms with Crippen LogP contribution in [0.3, 0.4) is 0 Å². The molecule has 0 aliphatic heterocycles. The molecule has 2 fully saturated rings. The number of aromatic nitrogens is 4. The Kier molecular flexibility index (Phi) is 5.57. The fourth-order valence-corrected chi connectivity index (χ4v) is 6.00. The van der Waals surface area contributed by atoms with Gasteiger partial charge in [0.15, 0.2) is 0 Å². The van der Waals surface area contributed by atoms with Gasteiger partial charge in [-0.15, -0.1) is 10.2 Å². The lowest BCUT2D eigenvalue weighted by molar-refractivity contribution is -0.137. The van der Waals surface area contributed by atoms with Gasteiger partial charge in [0.25, 0.3) is 0 Å². The zero-order valence-electron chi connectivity index (χ0n) is 19.3. The molecule has 2 saturated carbocycles. The maximum Gasteiger partial charge on any atom is 0.417 e. The maximum absolute atomic E-state index is 13.5. The van der Waals surface area contributed by atoms with Gasteiger partial charge in [-0.1, -0.05) is 35.9 Å². The highest BCUT2D eigenvalue weighted by Gasteiger charge is 2.49. The summed E-state index contributed by atoms with van der Waals surface area (Å²) in [4.78, 5) is 4.62. The predicted octanol–water partition coefficient (Wildman–Crippen LogP) is 6.83. The first-order chi connectivity index (χ1) is 17.3. The Morgan fingerprint density at radius 3 is 2.72 bits per heavy atom. The molecule has 3 aromatic rings. The third-order valence-corrected chi connectivity index (χ3v) is 7.79. The van der Waals surface area contributed by atoms with Gasteiger partial charge in [-0.05, 0) is 56.2 Å². The molecule has 2 heterocycles. The number of benzene rings is 1. The lowest BCUT2D eigenvalue weighted by atomic mass is 9.58. The van der Waals surface area contributed by atoms with E-state index >= 15 is 0 Å². The van der Waals surface area contributed by atoms with Gasteiger partial charge in [-0.2, -0.15) is 18.2 Å². The molecule has 0 N–H and O–H groups in total. The molecule has 6 nitrogen and oxygen atoms in total. The van der Waals surface area contributed by atoms with E-state index in [0.717, 1.165) is 50.2 Å². The fourth-order valence-electron chi connectivity index (χ4n) is 6.00. The van der Waals surface area contributed by atoms with Gasteiger partial charge in [0.2, 0.25) is 23.5 Å². The summed E-state index contributed by atoms with van der Waals surface area (Å²) >= 11 is 0. The minimum Gasteiger partial charge on any atom is -0.420 e. The van der Waals surface area contributed by atoms with Crippen LogP contribution in [0.1, 0.15) is 74.0 Å². The first-order valence-corrected chi connectivity index (χ1v) is 12.2. The molecule has 188 valence electrons. The van der Waals surface area contributed by atoms with Crippen LogP contribution in [0.25, 0.3) is 17.0 Å². The molecule has 2 bridgehead atoms. The van der Waals surface area contributed by atoms with Gasteiger partial charge in [0, 0.05) is 23.3 Å². The summed E-state index contributed by atoms with van der Waals surface area (Å²) in [5, 5.41) is 12.4. The van der Waals surface area contributed by atoms with Gasteiger partial charge < -0.3 is 8.94 Å². The second-order valence-corrected chi connectivity index (χ2v) is 9.96. The average molecular weight is 500 g/mol. The van der Waals surface area contributed by atoms with Crippen molar-refractivity contribution in [1.82, 2.24) is 20.3 Å². The summed E-state index contributed by atoms with van der Waals surface area (Å²) in [5.74, 6) is 1.67. The van der Waals surface area contributed by atoms with E-state index in [1.807, 2.05) is 0 Å². The zero-order valence-corrected chi connectivity index (χ0v) is 19.3. The largest absolute Gasteiger partial charge is 0.420 e. The Labute approximate surface area is 204 Å². The minimum absolute atomic E-state index is 0.0788. The fraction of sp³-hybridized carbons (Fsp3) is 0.462. The van der Waals surface area contributed by atoms with E-state index in [4.69, 9.17) is 8.94 Å². The van der Waals surface area contributed by atoms with Crippen molar-refractivity contribution in [3.63, 3.8) is 0 Å². The highest BCUT2D eigenvalue weighted by Crippen LogP contribution is 2.55. The molecule has 3 aliphatic rings. The molecular formula is C26H24F4N4O2. The van der Waals surface area contributed by atoms with Crippen molar-refractivity contribution in [2.75, 3.05) is 0 Å². The summed E-state index contributed by atoms with van der Waals surface area (Å²) in [7, 11) is 0. The molecule has 10 heteroatoms. The number of hydrogen-bond acceptors (Lipinski definition) is 6. The summed E-state index contributed by atoms with van der Waals surface area (Å²) < 4.78 is 65.5. The number of halogens is 4. The van der Waals surface area contributed by atoms with Crippen LogP contribution in [-0.4, -0.2) is 26.5 Å². The van der Waals surface area contributed by atoms with Crippen molar-refractivity contribution in [2.24, 2.45) is 5.92 Å². The summed E-state index contributed by atoms with van der Waals surface area (Å²) in [6, 6.07) is 5.25. The van der Waals surface area contributed by atoms with Crippen molar-refractivity contribution in [3.8, 4) is 11.5 Å². The van der Waals surface area contributed by atoms with Crippen LogP contribution in [0.15, 0.2) is 51.4 Å². The molecule has 0 spiro atoms. The standard InChI is InChI=1S/C26H24F4N4O2/c27-17-9-7-15(8-10-17)21-31-22(36-34-21)18-11-13-25(12-3-4-16(18)14-25)24-33-32-23(35-24)19-5-1-2-6-20(19)26(28,29)30/h1-2,5-9,16-18H,3-4,10-14H2. The summed E-state index contributed by atoms with van der Waals surface area (Å²) in [5.41, 5.74) is -0.513. The first kappa shape index (κ1) is 23.1. The van der Waals surface area contributed by atoms with Gasteiger partial charge in [-0.3, -0.25) is 0 Å². The third kappa shape index (κ3) is 4.06. The maximum atomic E-state index is 13.5. The van der Waals surface area contributed by atoms with E-state index in [9.17, 15) is 17.6 Å². The Morgan fingerprint density at radius 2 is 1.92 bits per heavy atom. The first-order valence-electron chi connectivity index (χ1n) is 12.2. The molecule has 4 unspecified atom stereocenters. The second-order valence-electron chi connectivity index (χ2n) is 9.96. The smallest absolute Gasteiger partial charge is 0.417 e. The predicted molar refractivity (Wildman–Crippen MR) is 121 cm³/mol. The Bertz CT molecular complexity index is 1330. The molecule has 1 aromatic carbocycles. The van der Waals surface area contributed by atoms with E-state index in [0.29, 0.717) is 24.0 Å². The number of allylic oxidation sites excluding steroid dienone is 4. The minimum atomic E-state index is -4.52. The Hall–Kier alpha value is -3.30. The van der Waals surface area contributed by atoms with Crippen molar-refractivity contribution < 1.29 is 26.5 Å². The lowest BCUT2D eigenvalue weighted by Gasteiger charge is -2.45. The molecule has 3 aliphatic carbocycles. The lowest BCUT2D eigenvalue weighted by Crippen LogP contribution is -2.40. The molecular weight excluding hydrogens is 476 g/mol. The van der Waals surface area contributed by atoms with Gasteiger partial charge >= 0.3 is 6.18 Å². The van der Waals surface area contributed by atoms with Crippen LogP contribution in [0, 0.1) is 5.92 Å². The number of rotatable bonds is 4. The van der Waals surface area contributed by atoms with E-state index < -0.39 is 17.9 Å². The van der Waals surface area contributed by atoms with Crippen LogP contribution >= 0.6 is 0 Å².